The molecular weight excluding hydrogens is 244 g/mol. The molecule has 1 atom stereocenters. The molecule has 1 amide bonds. The number of benzene rings is 2. The highest BCUT2D eigenvalue weighted by molar-refractivity contribution is 5.86. The minimum atomic E-state index is -0.817. The van der Waals surface area contributed by atoms with Crippen molar-refractivity contribution < 1.29 is 9.72 Å². The number of carbonyl (C=O) groups is 1. The highest BCUT2D eigenvalue weighted by Crippen LogP contribution is 2.31. The number of nitro groups is 1. The summed E-state index contributed by atoms with van der Waals surface area (Å²) in [5, 5.41) is 11.0. The molecule has 0 aliphatic carbocycles. The van der Waals surface area contributed by atoms with Gasteiger partial charge in [-0.1, -0.05) is 48.5 Å². The average Bonchev–Trinajstić information content (AvgIpc) is 2.40. The summed E-state index contributed by atoms with van der Waals surface area (Å²) in [5.41, 5.74) is 6.26. The van der Waals surface area contributed by atoms with E-state index >= 15 is 0 Å². The van der Waals surface area contributed by atoms with Gasteiger partial charge in [0.1, 0.15) is 0 Å². The zero-order valence-electron chi connectivity index (χ0n) is 10.0. The van der Waals surface area contributed by atoms with Crippen LogP contribution in [0.15, 0.2) is 54.6 Å². The quantitative estimate of drug-likeness (QED) is 0.672. The second-order valence-electron chi connectivity index (χ2n) is 4.06. The topological polar surface area (TPSA) is 86.2 Å². The van der Waals surface area contributed by atoms with Gasteiger partial charge in [-0.05, 0) is 5.56 Å². The van der Waals surface area contributed by atoms with E-state index in [1.807, 2.05) is 0 Å². The zero-order valence-corrected chi connectivity index (χ0v) is 10.0. The van der Waals surface area contributed by atoms with E-state index in [4.69, 9.17) is 5.73 Å². The molecule has 0 aliphatic rings. The van der Waals surface area contributed by atoms with E-state index in [-0.39, 0.29) is 5.69 Å². The molecule has 0 aromatic heterocycles. The molecule has 0 aliphatic heterocycles. The lowest BCUT2D eigenvalue weighted by Gasteiger charge is -2.14. The second-order valence-corrected chi connectivity index (χ2v) is 4.06. The second kappa shape index (κ2) is 5.30. The number of amides is 1. The Hall–Kier alpha value is -2.69. The van der Waals surface area contributed by atoms with Crippen LogP contribution in [-0.2, 0) is 4.79 Å². The molecule has 0 heterocycles. The molecule has 2 rings (SSSR count). The highest BCUT2D eigenvalue weighted by Gasteiger charge is 2.27. The molecule has 5 nitrogen and oxygen atoms in total. The average molecular weight is 256 g/mol. The molecule has 19 heavy (non-hydrogen) atoms. The molecule has 0 radical (unpaired) electrons. The highest BCUT2D eigenvalue weighted by atomic mass is 16.6. The number of carbonyl (C=O) groups excluding carboxylic acids is 1. The molecule has 5 heteroatoms. The van der Waals surface area contributed by atoms with Gasteiger partial charge in [-0.25, -0.2) is 0 Å². The van der Waals surface area contributed by atoms with Crippen LogP contribution in [0.2, 0.25) is 0 Å². The Morgan fingerprint density at radius 2 is 1.63 bits per heavy atom. The summed E-state index contributed by atoms with van der Waals surface area (Å²) >= 11 is 0. The fourth-order valence-electron chi connectivity index (χ4n) is 2.04. The van der Waals surface area contributed by atoms with Crippen LogP contribution < -0.4 is 5.73 Å². The normalized spacial score (nSPS) is 11.8. The van der Waals surface area contributed by atoms with Gasteiger partial charge in [-0.15, -0.1) is 0 Å². The summed E-state index contributed by atoms with van der Waals surface area (Å²) in [6.07, 6.45) is 0. The monoisotopic (exact) mass is 256 g/mol. The molecule has 0 bridgehead atoms. The minimum Gasteiger partial charge on any atom is -0.369 e. The van der Waals surface area contributed by atoms with Gasteiger partial charge >= 0.3 is 0 Å². The summed E-state index contributed by atoms with van der Waals surface area (Å²) in [4.78, 5) is 22.2. The molecule has 0 fully saturated rings. The third-order valence-electron chi connectivity index (χ3n) is 2.86. The van der Waals surface area contributed by atoms with Gasteiger partial charge < -0.3 is 5.73 Å². The lowest BCUT2D eigenvalue weighted by molar-refractivity contribution is -0.385. The Bertz CT molecular complexity index is 611. The Labute approximate surface area is 109 Å². The standard InChI is InChI=1S/C14H12N2O3/c15-14(17)13(10-6-2-1-3-7-10)11-8-4-5-9-12(11)16(18)19/h1-9,13H,(H2,15,17). The van der Waals surface area contributed by atoms with Crippen LogP contribution in [0.25, 0.3) is 0 Å². The number of para-hydroxylation sites is 1. The fraction of sp³-hybridized carbons (Fsp3) is 0.0714. The minimum absolute atomic E-state index is 0.102. The van der Waals surface area contributed by atoms with Crippen LogP contribution in [0, 0.1) is 10.1 Å². The van der Waals surface area contributed by atoms with Gasteiger partial charge in [-0.2, -0.15) is 0 Å². The maximum absolute atomic E-state index is 11.7. The van der Waals surface area contributed by atoms with Crippen molar-refractivity contribution in [1.29, 1.82) is 0 Å². The first-order valence-electron chi connectivity index (χ1n) is 5.69. The first-order valence-corrected chi connectivity index (χ1v) is 5.69. The van der Waals surface area contributed by atoms with Crippen LogP contribution >= 0.6 is 0 Å². The van der Waals surface area contributed by atoms with Crippen molar-refractivity contribution in [3.8, 4) is 0 Å². The van der Waals surface area contributed by atoms with Gasteiger partial charge in [-0.3, -0.25) is 14.9 Å². The maximum Gasteiger partial charge on any atom is 0.273 e. The van der Waals surface area contributed by atoms with Crippen molar-refractivity contribution in [2.45, 2.75) is 5.92 Å². The molecule has 0 spiro atoms. The van der Waals surface area contributed by atoms with Crippen LogP contribution in [0.1, 0.15) is 17.0 Å². The third kappa shape index (κ3) is 2.60. The number of hydrogen-bond acceptors (Lipinski definition) is 3. The molecule has 96 valence electrons. The number of rotatable bonds is 4. The Kier molecular flexibility index (Phi) is 3.56. The lowest BCUT2D eigenvalue weighted by Crippen LogP contribution is -2.23. The summed E-state index contributed by atoms with van der Waals surface area (Å²) in [6, 6.07) is 14.9. The number of nitrogens with zero attached hydrogens (tertiary/aromatic N) is 1. The van der Waals surface area contributed by atoms with Crippen LogP contribution in [0.3, 0.4) is 0 Å². The predicted molar refractivity (Wildman–Crippen MR) is 70.6 cm³/mol. The van der Waals surface area contributed by atoms with Gasteiger partial charge in [0.05, 0.1) is 10.8 Å². The van der Waals surface area contributed by atoms with Crippen molar-refractivity contribution in [3.63, 3.8) is 0 Å². The van der Waals surface area contributed by atoms with Crippen molar-refractivity contribution in [2.75, 3.05) is 0 Å². The fourth-order valence-corrected chi connectivity index (χ4v) is 2.04. The van der Waals surface area contributed by atoms with Crippen molar-refractivity contribution in [2.24, 2.45) is 5.73 Å². The van der Waals surface area contributed by atoms with Gasteiger partial charge in [0.2, 0.25) is 5.91 Å². The molecule has 2 aromatic carbocycles. The van der Waals surface area contributed by atoms with Crippen molar-refractivity contribution in [1.82, 2.24) is 0 Å². The summed E-state index contributed by atoms with van der Waals surface area (Å²) in [5.74, 6) is -1.43. The summed E-state index contributed by atoms with van der Waals surface area (Å²) in [7, 11) is 0. The Morgan fingerprint density at radius 3 is 2.21 bits per heavy atom. The maximum atomic E-state index is 11.7. The zero-order chi connectivity index (χ0) is 13.8. The molecule has 2 aromatic rings. The predicted octanol–water partition coefficient (Wildman–Crippen LogP) is 2.21. The first kappa shape index (κ1) is 12.8. The SMILES string of the molecule is NC(=O)C(c1ccccc1)c1ccccc1[N+](=O)[O-]. The molecule has 0 saturated carbocycles. The van der Waals surface area contributed by atoms with E-state index < -0.39 is 16.7 Å². The van der Waals surface area contributed by atoms with Crippen LogP contribution in [0.4, 0.5) is 5.69 Å². The summed E-state index contributed by atoms with van der Waals surface area (Å²) < 4.78 is 0. The van der Waals surface area contributed by atoms with E-state index in [0.29, 0.717) is 11.1 Å². The van der Waals surface area contributed by atoms with E-state index in [1.54, 1.807) is 48.5 Å². The third-order valence-corrected chi connectivity index (χ3v) is 2.86. The number of primary amides is 1. The van der Waals surface area contributed by atoms with Crippen molar-refractivity contribution in [3.05, 3.63) is 75.8 Å². The van der Waals surface area contributed by atoms with Crippen LogP contribution in [0.5, 0.6) is 0 Å². The van der Waals surface area contributed by atoms with E-state index in [9.17, 15) is 14.9 Å². The lowest BCUT2D eigenvalue weighted by atomic mass is 9.89. The molecular formula is C14H12N2O3. The Morgan fingerprint density at radius 1 is 1.05 bits per heavy atom. The number of nitrogens with two attached hydrogens (primary N) is 1. The molecule has 1 unspecified atom stereocenters. The van der Waals surface area contributed by atoms with Crippen molar-refractivity contribution >= 4 is 11.6 Å². The number of hydrogen-bond donors (Lipinski definition) is 1. The van der Waals surface area contributed by atoms with E-state index in [1.165, 1.54) is 6.07 Å². The van der Waals surface area contributed by atoms with Gasteiger partial charge in [0, 0.05) is 11.6 Å². The smallest absolute Gasteiger partial charge is 0.273 e. The molecule has 0 saturated heterocycles. The Balaban J connectivity index is 2.59. The van der Waals surface area contributed by atoms with E-state index in [2.05, 4.69) is 0 Å². The number of nitro benzene ring substituents is 1. The van der Waals surface area contributed by atoms with E-state index in [0.717, 1.165) is 0 Å². The van der Waals surface area contributed by atoms with Gasteiger partial charge in [0.25, 0.3) is 5.69 Å². The summed E-state index contributed by atoms with van der Waals surface area (Å²) in [6.45, 7) is 0. The van der Waals surface area contributed by atoms with Crippen LogP contribution in [-0.4, -0.2) is 10.8 Å². The largest absolute Gasteiger partial charge is 0.369 e. The van der Waals surface area contributed by atoms with Gasteiger partial charge in [0.15, 0.2) is 0 Å². The molecule has 2 N–H and O–H groups in total. The first-order chi connectivity index (χ1) is 9.11.